The normalized spacial score (nSPS) is 14.3. The smallest absolute Gasteiger partial charge is 0.329 e. The Balaban J connectivity index is 2.09. The highest BCUT2D eigenvalue weighted by Gasteiger charge is 2.37. The molecule has 0 saturated heterocycles. The number of benzene rings is 1. The molecule has 0 aromatic heterocycles. The molecule has 0 radical (unpaired) electrons. The minimum atomic E-state index is -1.15. The van der Waals surface area contributed by atoms with Crippen molar-refractivity contribution in [1.29, 1.82) is 0 Å². The molecule has 1 atom stereocenters. The monoisotopic (exact) mass is 432 g/mol. The Morgan fingerprint density at radius 1 is 1.13 bits per heavy atom. The third-order valence-corrected chi connectivity index (χ3v) is 4.53. The van der Waals surface area contributed by atoms with Gasteiger partial charge in [0.1, 0.15) is 18.2 Å². The molecule has 31 heavy (non-hydrogen) atoms. The molecule has 1 aromatic carbocycles. The van der Waals surface area contributed by atoms with Gasteiger partial charge in [0, 0.05) is 6.04 Å². The molecule has 0 spiro atoms. The van der Waals surface area contributed by atoms with E-state index in [0.29, 0.717) is 0 Å². The molecular formula is C23H32N2O6. The number of nitrogens with one attached hydrogen (secondary N) is 1. The summed E-state index contributed by atoms with van der Waals surface area (Å²) in [5.74, 6) is -1.97. The second-order valence-corrected chi connectivity index (χ2v) is 8.58. The molecule has 1 saturated carbocycles. The predicted molar refractivity (Wildman–Crippen MR) is 114 cm³/mol. The summed E-state index contributed by atoms with van der Waals surface area (Å²) in [6, 6.07) is 7.91. The summed E-state index contributed by atoms with van der Waals surface area (Å²) in [4.78, 5) is 51.5. The molecular weight excluding hydrogens is 400 g/mol. The van der Waals surface area contributed by atoms with Crippen molar-refractivity contribution >= 4 is 23.8 Å². The maximum Gasteiger partial charge on any atom is 0.329 e. The minimum Gasteiger partial charge on any atom is -0.465 e. The standard InChI is InChI=1S/C23H32N2O6/c1-5-30-21(28)15-25(17-11-12-17)20(27)14-18(22(29)31-23(2,3)4)24-19(26)13-16-9-7-6-8-10-16/h6-10,17-18H,5,11-15H2,1-4H3,(H,24,26)/t18-/m0/s1. The fourth-order valence-electron chi connectivity index (χ4n) is 3.04. The van der Waals surface area contributed by atoms with Crippen LogP contribution in [0.4, 0.5) is 0 Å². The lowest BCUT2D eigenvalue weighted by atomic mass is 10.1. The quantitative estimate of drug-likeness (QED) is 0.568. The van der Waals surface area contributed by atoms with E-state index in [0.717, 1.165) is 18.4 Å². The Morgan fingerprint density at radius 3 is 2.32 bits per heavy atom. The van der Waals surface area contributed by atoms with E-state index in [1.807, 2.05) is 18.2 Å². The molecule has 8 heteroatoms. The topological polar surface area (TPSA) is 102 Å². The summed E-state index contributed by atoms with van der Waals surface area (Å²) >= 11 is 0. The van der Waals surface area contributed by atoms with Crippen molar-refractivity contribution in [3.05, 3.63) is 35.9 Å². The minimum absolute atomic E-state index is 0.0452. The number of hydrogen-bond acceptors (Lipinski definition) is 6. The van der Waals surface area contributed by atoms with Crippen molar-refractivity contribution in [2.24, 2.45) is 0 Å². The molecule has 1 aliphatic rings. The maximum absolute atomic E-state index is 12.9. The highest BCUT2D eigenvalue weighted by Crippen LogP contribution is 2.27. The van der Waals surface area contributed by atoms with E-state index in [4.69, 9.17) is 9.47 Å². The van der Waals surface area contributed by atoms with E-state index in [9.17, 15) is 19.2 Å². The first kappa shape index (κ1) is 24.4. The number of carbonyl (C=O) groups is 4. The average Bonchev–Trinajstić information content (AvgIpc) is 3.50. The molecule has 1 aliphatic carbocycles. The largest absolute Gasteiger partial charge is 0.465 e. The molecule has 1 aromatic rings. The van der Waals surface area contributed by atoms with Crippen molar-refractivity contribution in [2.45, 2.75) is 71.1 Å². The van der Waals surface area contributed by atoms with Crippen LogP contribution in [0.1, 0.15) is 52.5 Å². The Bertz CT molecular complexity index is 783. The van der Waals surface area contributed by atoms with Gasteiger partial charge in [-0.05, 0) is 46.1 Å². The molecule has 1 fully saturated rings. The van der Waals surface area contributed by atoms with E-state index in [1.54, 1.807) is 39.8 Å². The third-order valence-electron chi connectivity index (χ3n) is 4.53. The first-order chi connectivity index (χ1) is 14.6. The number of carbonyl (C=O) groups excluding carboxylic acids is 4. The van der Waals surface area contributed by atoms with Gasteiger partial charge in [-0.25, -0.2) is 4.79 Å². The van der Waals surface area contributed by atoms with Crippen molar-refractivity contribution < 1.29 is 28.7 Å². The van der Waals surface area contributed by atoms with Gasteiger partial charge in [-0.2, -0.15) is 0 Å². The van der Waals surface area contributed by atoms with Crippen molar-refractivity contribution in [1.82, 2.24) is 10.2 Å². The molecule has 0 aliphatic heterocycles. The maximum atomic E-state index is 12.9. The van der Waals surface area contributed by atoms with Gasteiger partial charge in [0.2, 0.25) is 11.8 Å². The summed E-state index contributed by atoms with van der Waals surface area (Å²) < 4.78 is 10.4. The zero-order valence-electron chi connectivity index (χ0n) is 18.7. The van der Waals surface area contributed by atoms with E-state index < -0.39 is 35.4 Å². The number of hydrogen-bond donors (Lipinski definition) is 1. The molecule has 1 N–H and O–H groups in total. The molecule has 0 bridgehead atoms. The summed E-state index contributed by atoms with van der Waals surface area (Å²) in [5, 5.41) is 2.63. The zero-order chi connectivity index (χ0) is 23.0. The Labute approximate surface area is 183 Å². The fourth-order valence-corrected chi connectivity index (χ4v) is 3.04. The third kappa shape index (κ3) is 8.78. The molecule has 0 unspecified atom stereocenters. The van der Waals surface area contributed by atoms with E-state index in [1.165, 1.54) is 4.90 Å². The van der Waals surface area contributed by atoms with Crippen LogP contribution < -0.4 is 5.32 Å². The number of amides is 2. The highest BCUT2D eigenvalue weighted by molar-refractivity contribution is 5.91. The van der Waals surface area contributed by atoms with Gasteiger partial charge in [-0.1, -0.05) is 30.3 Å². The number of nitrogens with zero attached hydrogens (tertiary/aromatic N) is 1. The van der Waals surface area contributed by atoms with Crippen LogP contribution in [0.25, 0.3) is 0 Å². The summed E-state index contributed by atoms with van der Waals surface area (Å²) in [7, 11) is 0. The summed E-state index contributed by atoms with van der Waals surface area (Å²) in [6.45, 7) is 6.90. The van der Waals surface area contributed by atoms with Gasteiger partial charge in [-0.3, -0.25) is 14.4 Å². The molecule has 8 nitrogen and oxygen atoms in total. The SMILES string of the molecule is CCOC(=O)CN(C(=O)C[C@H](NC(=O)Cc1ccccc1)C(=O)OC(C)(C)C)C1CC1. The van der Waals surface area contributed by atoms with Gasteiger partial charge in [0.25, 0.3) is 0 Å². The molecule has 0 heterocycles. The highest BCUT2D eigenvalue weighted by atomic mass is 16.6. The van der Waals surface area contributed by atoms with Gasteiger partial charge in [-0.15, -0.1) is 0 Å². The Hall–Kier alpha value is -2.90. The molecule has 170 valence electrons. The van der Waals surface area contributed by atoms with E-state index >= 15 is 0 Å². The van der Waals surface area contributed by atoms with Crippen LogP contribution in [0, 0.1) is 0 Å². The zero-order valence-corrected chi connectivity index (χ0v) is 18.7. The van der Waals surface area contributed by atoms with Crippen molar-refractivity contribution in [2.75, 3.05) is 13.2 Å². The first-order valence-corrected chi connectivity index (χ1v) is 10.6. The van der Waals surface area contributed by atoms with Crippen molar-refractivity contribution in [3.8, 4) is 0 Å². The summed E-state index contributed by atoms with van der Waals surface area (Å²) in [5.41, 5.74) is 0.0140. The lowest BCUT2D eigenvalue weighted by Crippen LogP contribution is -2.49. The molecule has 2 rings (SSSR count). The Morgan fingerprint density at radius 2 is 1.77 bits per heavy atom. The first-order valence-electron chi connectivity index (χ1n) is 10.6. The van der Waals surface area contributed by atoms with Crippen LogP contribution >= 0.6 is 0 Å². The lowest BCUT2D eigenvalue weighted by molar-refractivity contribution is -0.160. The lowest BCUT2D eigenvalue weighted by Gasteiger charge is -2.27. The van der Waals surface area contributed by atoms with Gasteiger partial charge in [0.05, 0.1) is 19.4 Å². The van der Waals surface area contributed by atoms with E-state index in [-0.39, 0.29) is 32.0 Å². The second kappa shape index (κ2) is 10.9. The van der Waals surface area contributed by atoms with Crippen LogP contribution in [-0.4, -0.2) is 59.5 Å². The van der Waals surface area contributed by atoms with Gasteiger partial charge >= 0.3 is 11.9 Å². The number of rotatable bonds is 10. The van der Waals surface area contributed by atoms with Gasteiger partial charge < -0.3 is 19.7 Å². The van der Waals surface area contributed by atoms with E-state index in [2.05, 4.69) is 5.32 Å². The van der Waals surface area contributed by atoms with Crippen LogP contribution in [0.2, 0.25) is 0 Å². The Kier molecular flexibility index (Phi) is 8.59. The second-order valence-electron chi connectivity index (χ2n) is 8.58. The predicted octanol–water partition coefficient (Wildman–Crippen LogP) is 2.00. The van der Waals surface area contributed by atoms with Crippen molar-refractivity contribution in [3.63, 3.8) is 0 Å². The molecule has 2 amide bonds. The van der Waals surface area contributed by atoms with Crippen LogP contribution in [0.15, 0.2) is 30.3 Å². The number of ether oxygens (including phenoxy) is 2. The fraction of sp³-hybridized carbons (Fsp3) is 0.565. The van der Waals surface area contributed by atoms with Crippen LogP contribution in [-0.2, 0) is 35.1 Å². The van der Waals surface area contributed by atoms with Gasteiger partial charge in [0.15, 0.2) is 0 Å². The number of esters is 2. The average molecular weight is 433 g/mol. The summed E-state index contributed by atoms with van der Waals surface area (Å²) in [6.07, 6.45) is 1.38. The van der Waals surface area contributed by atoms with Crippen LogP contribution in [0.5, 0.6) is 0 Å². The van der Waals surface area contributed by atoms with Crippen LogP contribution in [0.3, 0.4) is 0 Å².